The fourth-order valence-electron chi connectivity index (χ4n) is 0.565. The van der Waals surface area contributed by atoms with Crippen LogP contribution in [0.5, 0.6) is 0 Å². The van der Waals surface area contributed by atoms with Crippen LogP contribution in [0.25, 0.3) is 0 Å². The number of hydrogen-bond acceptors (Lipinski definition) is 6. The Labute approximate surface area is 87.7 Å². The quantitative estimate of drug-likeness (QED) is 0.328. The van der Waals surface area contributed by atoms with Gasteiger partial charge < -0.3 is 19.2 Å². The summed E-state index contributed by atoms with van der Waals surface area (Å²) in [6.07, 6.45) is -0.648. The predicted molar refractivity (Wildman–Crippen MR) is 49.3 cm³/mol. The average molecular weight is 236 g/mol. The van der Waals surface area contributed by atoms with Crippen LogP contribution in [0.4, 0.5) is 0 Å². The van der Waals surface area contributed by atoms with Gasteiger partial charge in [-0.2, -0.15) is 0 Å². The van der Waals surface area contributed by atoms with Gasteiger partial charge in [0.2, 0.25) is 0 Å². The summed E-state index contributed by atoms with van der Waals surface area (Å²) < 4.78 is 23.8. The number of aldehydes is 2. The Hall–Kier alpha value is -0.525. The minimum atomic E-state index is -4.16. The van der Waals surface area contributed by atoms with Crippen molar-refractivity contribution in [3.8, 4) is 0 Å². The van der Waals surface area contributed by atoms with E-state index in [-0.39, 0.29) is 6.29 Å². The molecule has 0 aliphatic heterocycles. The van der Waals surface area contributed by atoms with E-state index in [4.69, 9.17) is 12.7 Å². The van der Waals surface area contributed by atoms with E-state index in [9.17, 15) is 14.2 Å². The largest absolute Gasteiger partial charge is 0.472 e. The van der Waals surface area contributed by atoms with Crippen molar-refractivity contribution < 1.29 is 32.8 Å². The monoisotopic (exact) mass is 236 g/mol. The molecule has 0 bridgehead atoms. The highest BCUT2D eigenvalue weighted by Gasteiger charge is 2.22. The highest BCUT2D eigenvalue weighted by atomic mass is 31.2. The van der Waals surface area contributed by atoms with Crippen molar-refractivity contribution in [1.29, 1.82) is 0 Å². The van der Waals surface area contributed by atoms with E-state index in [1.807, 2.05) is 0 Å². The molecule has 3 atom stereocenters. The van der Waals surface area contributed by atoms with Gasteiger partial charge in [-0.3, -0.25) is 9.05 Å². The van der Waals surface area contributed by atoms with Crippen molar-refractivity contribution in [2.45, 2.75) is 12.1 Å². The van der Waals surface area contributed by atoms with E-state index in [0.29, 0.717) is 6.29 Å². The summed E-state index contributed by atoms with van der Waals surface area (Å²) in [5.41, 5.74) is 0. The van der Waals surface area contributed by atoms with E-state index in [2.05, 4.69) is 13.8 Å². The van der Waals surface area contributed by atoms with Crippen LogP contribution in [0.15, 0.2) is 0 Å². The number of phosphoric acid groups is 1. The zero-order valence-corrected chi connectivity index (χ0v) is 8.83. The van der Waals surface area contributed by atoms with Crippen molar-refractivity contribution in [1.82, 2.24) is 0 Å². The molecule has 0 saturated carbocycles. The van der Waals surface area contributed by atoms with Crippen LogP contribution >= 0.6 is 7.82 Å². The summed E-state index contributed by atoms with van der Waals surface area (Å²) in [4.78, 5) is 29.2. The lowest BCUT2D eigenvalue weighted by molar-refractivity contribution is -0.126. The first kappa shape index (κ1) is 14.5. The van der Waals surface area contributed by atoms with Gasteiger partial charge in [0, 0.05) is 7.11 Å². The molecule has 0 aliphatic rings. The van der Waals surface area contributed by atoms with E-state index < -0.39 is 26.5 Å². The van der Waals surface area contributed by atoms with Gasteiger partial charge in [0.15, 0.2) is 6.29 Å². The second kappa shape index (κ2) is 6.87. The molecule has 0 aromatic rings. The molecular weight excluding hydrogens is 226 g/mol. The van der Waals surface area contributed by atoms with Crippen molar-refractivity contribution in [3.63, 3.8) is 0 Å². The zero-order valence-electron chi connectivity index (χ0n) is 7.94. The summed E-state index contributed by atoms with van der Waals surface area (Å²) >= 11 is 0. The second-order valence-electron chi connectivity index (χ2n) is 2.36. The molecule has 0 spiro atoms. The first-order valence-corrected chi connectivity index (χ1v) is 5.29. The SMILES string of the molecule is [B]C(C=O)OC(C=O)COP(=O)(O)OC. The van der Waals surface area contributed by atoms with Gasteiger partial charge in [0.25, 0.3) is 0 Å². The van der Waals surface area contributed by atoms with E-state index in [0.717, 1.165) is 7.11 Å². The third kappa shape index (κ3) is 6.54. The molecule has 0 saturated heterocycles. The van der Waals surface area contributed by atoms with Crippen molar-refractivity contribution in [2.24, 2.45) is 0 Å². The highest BCUT2D eigenvalue weighted by Crippen LogP contribution is 2.41. The third-order valence-electron chi connectivity index (χ3n) is 1.25. The lowest BCUT2D eigenvalue weighted by Gasteiger charge is -2.15. The van der Waals surface area contributed by atoms with E-state index in [1.165, 1.54) is 0 Å². The Kier molecular flexibility index (Phi) is 6.63. The van der Waals surface area contributed by atoms with Crippen molar-refractivity contribution in [2.75, 3.05) is 13.7 Å². The lowest BCUT2D eigenvalue weighted by atomic mass is 10.0. The maximum absolute atomic E-state index is 10.8. The molecule has 0 amide bonds. The van der Waals surface area contributed by atoms with Gasteiger partial charge in [-0.15, -0.1) is 0 Å². The number of ether oxygens (including phenoxy) is 1. The Balaban J connectivity index is 4.06. The Morgan fingerprint density at radius 2 is 2.07 bits per heavy atom. The van der Waals surface area contributed by atoms with E-state index >= 15 is 0 Å². The topological polar surface area (TPSA) is 99.1 Å². The van der Waals surface area contributed by atoms with Crippen LogP contribution in [0.3, 0.4) is 0 Å². The van der Waals surface area contributed by atoms with Crippen LogP contribution in [-0.2, 0) is 27.9 Å². The summed E-state index contributed by atoms with van der Waals surface area (Å²) in [5, 5.41) is 0. The molecule has 0 aromatic carbocycles. The molecule has 9 heteroatoms. The smallest absolute Gasteiger partial charge is 0.368 e. The van der Waals surface area contributed by atoms with Gasteiger partial charge in [-0.05, 0) is 0 Å². The molecule has 7 nitrogen and oxygen atoms in total. The number of hydrogen-bond donors (Lipinski definition) is 1. The molecule has 0 heterocycles. The van der Waals surface area contributed by atoms with Gasteiger partial charge >= 0.3 is 7.82 Å². The molecular formula is C6H10BO7P. The number of phosphoric ester groups is 1. The molecule has 0 rings (SSSR count). The van der Waals surface area contributed by atoms with Crippen molar-refractivity contribution in [3.05, 3.63) is 0 Å². The molecule has 0 fully saturated rings. The van der Waals surface area contributed by atoms with E-state index in [1.54, 1.807) is 0 Å². The van der Waals surface area contributed by atoms with Crippen LogP contribution in [0.2, 0.25) is 0 Å². The van der Waals surface area contributed by atoms with Gasteiger partial charge in [-0.25, -0.2) is 4.57 Å². The predicted octanol–water partition coefficient (Wildman–Crippen LogP) is -0.973. The summed E-state index contributed by atoms with van der Waals surface area (Å²) in [6.45, 7) is -0.535. The first-order chi connectivity index (χ1) is 6.95. The van der Waals surface area contributed by atoms with Gasteiger partial charge in [0.1, 0.15) is 20.2 Å². The summed E-state index contributed by atoms with van der Waals surface area (Å²) in [5.74, 6) is 0. The Morgan fingerprint density at radius 3 is 2.47 bits per heavy atom. The standard InChI is InChI=1S/C6H10BO7P/c1-12-15(10,11)13-4-5(2-8)14-6(7)3-9/h2-3,5-6H,4H2,1H3,(H,10,11). The number of carbonyl (C=O) groups excluding carboxylic acids is 2. The first-order valence-electron chi connectivity index (χ1n) is 3.80. The maximum Gasteiger partial charge on any atom is 0.472 e. The molecule has 1 N–H and O–H groups in total. The third-order valence-corrected chi connectivity index (χ3v) is 2.19. The Morgan fingerprint density at radius 1 is 1.47 bits per heavy atom. The normalized spacial score (nSPS) is 18.8. The zero-order chi connectivity index (χ0) is 11.9. The molecule has 15 heavy (non-hydrogen) atoms. The fourth-order valence-corrected chi connectivity index (χ4v) is 1.01. The van der Waals surface area contributed by atoms with Crippen LogP contribution in [0.1, 0.15) is 0 Å². The van der Waals surface area contributed by atoms with Crippen LogP contribution in [0, 0.1) is 0 Å². The molecule has 0 aromatic heterocycles. The van der Waals surface area contributed by atoms with Crippen LogP contribution in [-0.4, -0.2) is 51.1 Å². The minimum absolute atomic E-state index is 0.269. The lowest BCUT2D eigenvalue weighted by Crippen LogP contribution is -2.28. The van der Waals surface area contributed by atoms with Crippen LogP contribution < -0.4 is 0 Å². The van der Waals surface area contributed by atoms with Gasteiger partial charge in [-0.1, -0.05) is 0 Å². The highest BCUT2D eigenvalue weighted by molar-refractivity contribution is 7.47. The molecule has 84 valence electrons. The van der Waals surface area contributed by atoms with Gasteiger partial charge in [0.05, 0.1) is 12.6 Å². The molecule has 2 radical (unpaired) electrons. The number of carbonyl (C=O) groups is 2. The maximum atomic E-state index is 10.8. The second-order valence-corrected chi connectivity index (χ2v) is 3.92. The summed E-state index contributed by atoms with van der Waals surface area (Å²) in [6, 6.07) is -1.29. The minimum Gasteiger partial charge on any atom is -0.368 e. The Bertz CT molecular complexity index is 258. The average Bonchev–Trinajstić information content (AvgIpc) is 2.23. The van der Waals surface area contributed by atoms with Crippen molar-refractivity contribution >= 4 is 28.2 Å². The summed E-state index contributed by atoms with van der Waals surface area (Å²) in [7, 11) is 1.86. The molecule has 3 unspecified atom stereocenters. The number of rotatable bonds is 8. The fraction of sp³-hybridized carbons (Fsp3) is 0.667. The molecule has 0 aliphatic carbocycles.